The molecule has 2 aromatic carbocycles. The van der Waals surface area contributed by atoms with E-state index in [4.69, 9.17) is 28.3 Å². The molecule has 8 heteroatoms. The minimum atomic E-state index is -0.561. The Bertz CT molecular complexity index is 1010. The molecule has 2 N–H and O–H groups in total. The van der Waals surface area contributed by atoms with E-state index in [9.17, 15) is 9.18 Å². The summed E-state index contributed by atoms with van der Waals surface area (Å²) >= 11 is 11.8. The molecule has 0 aliphatic rings. The number of carbonyl (C=O) groups excluding carboxylic acids is 1. The molecule has 1 amide bonds. The summed E-state index contributed by atoms with van der Waals surface area (Å²) in [4.78, 5) is 21.3. The number of hydrogen-bond acceptors (Lipinski definition) is 4. The number of aromatic nitrogens is 2. The van der Waals surface area contributed by atoms with Crippen LogP contribution in [0.4, 0.5) is 4.39 Å². The van der Waals surface area contributed by atoms with E-state index in [1.54, 1.807) is 31.2 Å². The lowest BCUT2D eigenvalue weighted by Crippen LogP contribution is -2.35. The standard InChI is InChI=1S/C20H16Cl2FN3O2/c1-11(10-27)24-20(28)18-9-17(12-2-5-14(21)6-3-12)25-19(26-18)13-4-7-16(23)15(22)8-13/h2-9,11,27H,10H2,1H3,(H,24,28). The molecule has 0 aliphatic carbocycles. The number of carbonyl (C=O) groups is 1. The van der Waals surface area contributed by atoms with Gasteiger partial charge >= 0.3 is 0 Å². The van der Waals surface area contributed by atoms with Crippen LogP contribution in [0, 0.1) is 5.82 Å². The van der Waals surface area contributed by atoms with Crippen molar-refractivity contribution in [3.63, 3.8) is 0 Å². The highest BCUT2D eigenvalue weighted by atomic mass is 35.5. The van der Waals surface area contributed by atoms with Crippen molar-refractivity contribution in [2.24, 2.45) is 0 Å². The molecule has 5 nitrogen and oxygen atoms in total. The lowest BCUT2D eigenvalue weighted by molar-refractivity contribution is 0.0917. The van der Waals surface area contributed by atoms with Crippen LogP contribution in [0.25, 0.3) is 22.6 Å². The Morgan fingerprint density at radius 2 is 1.79 bits per heavy atom. The van der Waals surface area contributed by atoms with Crippen LogP contribution in [0.3, 0.4) is 0 Å². The van der Waals surface area contributed by atoms with Gasteiger partial charge < -0.3 is 10.4 Å². The monoisotopic (exact) mass is 419 g/mol. The van der Waals surface area contributed by atoms with Gasteiger partial charge in [0.25, 0.3) is 5.91 Å². The predicted molar refractivity (Wildman–Crippen MR) is 107 cm³/mol. The molecule has 0 radical (unpaired) electrons. The SMILES string of the molecule is CC(CO)NC(=O)c1cc(-c2ccc(Cl)cc2)nc(-c2ccc(F)c(Cl)c2)n1. The van der Waals surface area contributed by atoms with Gasteiger partial charge in [-0.15, -0.1) is 0 Å². The molecule has 0 saturated heterocycles. The van der Waals surface area contributed by atoms with Crippen LogP contribution in [-0.2, 0) is 0 Å². The van der Waals surface area contributed by atoms with Gasteiger partial charge in [-0.1, -0.05) is 35.3 Å². The second kappa shape index (κ2) is 8.65. The van der Waals surface area contributed by atoms with Gasteiger partial charge in [0, 0.05) is 22.2 Å². The number of nitrogens with zero attached hydrogens (tertiary/aromatic N) is 2. The average molecular weight is 420 g/mol. The van der Waals surface area contributed by atoms with Crippen LogP contribution in [0.2, 0.25) is 10.0 Å². The number of benzene rings is 2. The molecule has 0 fully saturated rings. The third-order valence-electron chi connectivity index (χ3n) is 3.93. The van der Waals surface area contributed by atoms with Gasteiger partial charge in [-0.2, -0.15) is 0 Å². The zero-order chi connectivity index (χ0) is 20.3. The summed E-state index contributed by atoms with van der Waals surface area (Å²) in [5.41, 5.74) is 1.79. The van der Waals surface area contributed by atoms with Crippen molar-refractivity contribution in [3.8, 4) is 22.6 Å². The largest absolute Gasteiger partial charge is 0.394 e. The highest BCUT2D eigenvalue weighted by molar-refractivity contribution is 6.31. The maximum atomic E-state index is 13.5. The van der Waals surface area contributed by atoms with Crippen molar-refractivity contribution in [3.05, 3.63) is 70.1 Å². The molecule has 144 valence electrons. The molecule has 1 aromatic heterocycles. The maximum Gasteiger partial charge on any atom is 0.270 e. The molecule has 1 atom stereocenters. The Hall–Kier alpha value is -2.54. The van der Waals surface area contributed by atoms with E-state index in [-0.39, 0.29) is 23.1 Å². The van der Waals surface area contributed by atoms with Crippen LogP contribution >= 0.6 is 23.2 Å². The quantitative estimate of drug-likeness (QED) is 0.643. The van der Waals surface area contributed by atoms with Gasteiger partial charge in [0.15, 0.2) is 5.82 Å². The summed E-state index contributed by atoms with van der Waals surface area (Å²) in [6.07, 6.45) is 0. The first-order valence-electron chi connectivity index (χ1n) is 8.39. The van der Waals surface area contributed by atoms with E-state index in [1.807, 2.05) is 0 Å². The van der Waals surface area contributed by atoms with Crippen molar-refractivity contribution >= 4 is 29.1 Å². The fourth-order valence-electron chi connectivity index (χ4n) is 2.44. The minimum Gasteiger partial charge on any atom is -0.394 e. The van der Waals surface area contributed by atoms with E-state index in [1.165, 1.54) is 24.3 Å². The fraction of sp³-hybridized carbons (Fsp3) is 0.150. The van der Waals surface area contributed by atoms with Gasteiger partial charge in [-0.05, 0) is 43.3 Å². The summed E-state index contributed by atoms with van der Waals surface area (Å²) in [7, 11) is 0. The Kier molecular flexibility index (Phi) is 6.24. The van der Waals surface area contributed by atoms with E-state index < -0.39 is 17.8 Å². The van der Waals surface area contributed by atoms with Crippen molar-refractivity contribution in [1.82, 2.24) is 15.3 Å². The summed E-state index contributed by atoms with van der Waals surface area (Å²) in [5, 5.41) is 12.3. The van der Waals surface area contributed by atoms with Crippen LogP contribution in [-0.4, -0.2) is 33.6 Å². The summed E-state index contributed by atoms with van der Waals surface area (Å²) in [5.74, 6) is -0.807. The number of aliphatic hydroxyl groups excluding tert-OH is 1. The molecular weight excluding hydrogens is 404 g/mol. The van der Waals surface area contributed by atoms with Crippen LogP contribution < -0.4 is 5.32 Å². The molecule has 3 aromatic rings. The topological polar surface area (TPSA) is 75.1 Å². The third-order valence-corrected chi connectivity index (χ3v) is 4.47. The maximum absolute atomic E-state index is 13.5. The number of halogens is 3. The Labute approximate surface area is 171 Å². The van der Waals surface area contributed by atoms with Crippen LogP contribution in [0.5, 0.6) is 0 Å². The number of amides is 1. The van der Waals surface area contributed by atoms with Crippen molar-refractivity contribution in [2.45, 2.75) is 13.0 Å². The molecular formula is C20H16Cl2FN3O2. The summed E-state index contributed by atoms with van der Waals surface area (Å²) in [6, 6.07) is 12.2. The van der Waals surface area contributed by atoms with Gasteiger partial charge in [-0.25, -0.2) is 14.4 Å². The zero-order valence-corrected chi connectivity index (χ0v) is 16.3. The Morgan fingerprint density at radius 3 is 2.43 bits per heavy atom. The Morgan fingerprint density at radius 1 is 1.11 bits per heavy atom. The molecule has 1 heterocycles. The fourth-order valence-corrected chi connectivity index (χ4v) is 2.75. The Balaban J connectivity index is 2.11. The molecule has 1 unspecified atom stereocenters. The van der Waals surface area contributed by atoms with E-state index >= 15 is 0 Å². The molecule has 0 bridgehead atoms. The normalized spacial score (nSPS) is 11.9. The van der Waals surface area contributed by atoms with Crippen molar-refractivity contribution < 1.29 is 14.3 Å². The molecule has 28 heavy (non-hydrogen) atoms. The smallest absolute Gasteiger partial charge is 0.270 e. The van der Waals surface area contributed by atoms with Crippen molar-refractivity contribution in [1.29, 1.82) is 0 Å². The van der Waals surface area contributed by atoms with Crippen molar-refractivity contribution in [2.75, 3.05) is 6.61 Å². The van der Waals surface area contributed by atoms with E-state index in [0.29, 0.717) is 16.3 Å². The van der Waals surface area contributed by atoms with Gasteiger partial charge in [0.1, 0.15) is 11.5 Å². The summed E-state index contributed by atoms with van der Waals surface area (Å²) < 4.78 is 13.5. The summed E-state index contributed by atoms with van der Waals surface area (Å²) in [6.45, 7) is 1.46. The highest BCUT2D eigenvalue weighted by Gasteiger charge is 2.16. The first-order chi connectivity index (χ1) is 13.4. The predicted octanol–water partition coefficient (Wildman–Crippen LogP) is 4.37. The van der Waals surface area contributed by atoms with Gasteiger partial charge in [0.2, 0.25) is 0 Å². The minimum absolute atomic E-state index is 0.0714. The van der Waals surface area contributed by atoms with Gasteiger partial charge in [0.05, 0.1) is 17.3 Å². The third kappa shape index (κ3) is 4.65. The molecule has 3 rings (SSSR count). The number of aliphatic hydroxyl groups is 1. The second-order valence-corrected chi connectivity index (χ2v) is 7.00. The lowest BCUT2D eigenvalue weighted by atomic mass is 10.1. The zero-order valence-electron chi connectivity index (χ0n) is 14.8. The average Bonchev–Trinajstić information content (AvgIpc) is 2.70. The van der Waals surface area contributed by atoms with Crippen LogP contribution in [0.1, 0.15) is 17.4 Å². The lowest BCUT2D eigenvalue weighted by Gasteiger charge is -2.12. The van der Waals surface area contributed by atoms with Gasteiger partial charge in [-0.3, -0.25) is 4.79 Å². The number of hydrogen-bond donors (Lipinski definition) is 2. The van der Waals surface area contributed by atoms with E-state index in [0.717, 1.165) is 5.56 Å². The molecule has 0 spiro atoms. The second-order valence-electron chi connectivity index (χ2n) is 6.15. The highest BCUT2D eigenvalue weighted by Crippen LogP contribution is 2.26. The van der Waals surface area contributed by atoms with E-state index in [2.05, 4.69) is 15.3 Å². The molecule has 0 aliphatic heterocycles. The molecule has 0 saturated carbocycles. The first-order valence-corrected chi connectivity index (χ1v) is 9.15. The van der Waals surface area contributed by atoms with Crippen LogP contribution in [0.15, 0.2) is 48.5 Å². The first kappa shape index (κ1) is 20.2. The number of nitrogens with one attached hydrogen (secondary N) is 1. The number of rotatable bonds is 5.